The minimum Gasteiger partial charge on any atom is -0.383 e. The summed E-state index contributed by atoms with van der Waals surface area (Å²) in [4.78, 5) is 6.39. The van der Waals surface area contributed by atoms with Gasteiger partial charge in [0.25, 0.3) is 0 Å². The predicted molar refractivity (Wildman–Crippen MR) is 70.6 cm³/mol. The lowest BCUT2D eigenvalue weighted by molar-refractivity contribution is 0.179. The zero-order valence-corrected chi connectivity index (χ0v) is 10.8. The Morgan fingerprint density at radius 3 is 2.71 bits per heavy atom. The minimum atomic E-state index is 0.423. The van der Waals surface area contributed by atoms with Crippen LogP contribution in [0.1, 0.15) is 12.8 Å². The Balaban J connectivity index is 1.96. The average molecular weight is 235 g/mol. The molecule has 4 heteroatoms. The molecule has 2 rings (SSSR count). The Bertz CT molecular complexity index is 346. The number of hydrogen-bond acceptors (Lipinski definition) is 4. The molecule has 1 N–H and O–H groups in total. The summed E-state index contributed by atoms with van der Waals surface area (Å²) < 4.78 is 5.25. The van der Waals surface area contributed by atoms with Crippen molar-refractivity contribution < 1.29 is 4.74 Å². The summed E-state index contributed by atoms with van der Waals surface area (Å²) in [5.41, 5.74) is 1.07. The molecule has 17 heavy (non-hydrogen) atoms. The molecule has 1 aromatic rings. The van der Waals surface area contributed by atoms with E-state index in [-0.39, 0.29) is 0 Å². The first kappa shape index (κ1) is 12.2. The van der Waals surface area contributed by atoms with Gasteiger partial charge in [0.1, 0.15) is 5.82 Å². The summed E-state index contributed by atoms with van der Waals surface area (Å²) in [5.74, 6) is 1.74. The van der Waals surface area contributed by atoms with Crippen molar-refractivity contribution in [2.75, 3.05) is 38.0 Å². The Hall–Kier alpha value is -1.29. The van der Waals surface area contributed by atoms with Crippen molar-refractivity contribution in [3.63, 3.8) is 0 Å². The highest BCUT2D eigenvalue weighted by molar-refractivity contribution is 5.48. The average Bonchev–Trinajstić information content (AvgIpc) is 3.13. The summed E-state index contributed by atoms with van der Waals surface area (Å²) in [6.45, 7) is 0.764. The molecule has 0 aliphatic heterocycles. The summed E-state index contributed by atoms with van der Waals surface area (Å²) in [5, 5.41) is 3.50. The molecule has 0 amide bonds. The van der Waals surface area contributed by atoms with Crippen LogP contribution in [0.5, 0.6) is 0 Å². The number of methoxy groups -OCH3 is 1. The first-order valence-corrected chi connectivity index (χ1v) is 6.09. The molecule has 1 atom stereocenters. The Morgan fingerprint density at radius 2 is 2.24 bits per heavy atom. The molecule has 1 aromatic heterocycles. The van der Waals surface area contributed by atoms with Crippen molar-refractivity contribution in [3.8, 4) is 0 Å². The van der Waals surface area contributed by atoms with Crippen LogP contribution in [0.15, 0.2) is 18.3 Å². The van der Waals surface area contributed by atoms with Crippen LogP contribution in [0.3, 0.4) is 0 Å². The SMILES string of the molecule is COCC(Nc1ccc(N(C)C)nc1)C1CC1. The van der Waals surface area contributed by atoms with Crippen molar-refractivity contribution in [3.05, 3.63) is 18.3 Å². The number of pyridine rings is 1. The molecule has 0 bridgehead atoms. The van der Waals surface area contributed by atoms with E-state index in [9.17, 15) is 0 Å². The van der Waals surface area contributed by atoms with Gasteiger partial charge in [-0.2, -0.15) is 0 Å². The first-order valence-electron chi connectivity index (χ1n) is 6.09. The van der Waals surface area contributed by atoms with Crippen LogP contribution in [-0.4, -0.2) is 38.8 Å². The highest BCUT2D eigenvalue weighted by Gasteiger charge is 2.31. The molecule has 94 valence electrons. The van der Waals surface area contributed by atoms with Crippen LogP contribution in [0.4, 0.5) is 11.5 Å². The number of hydrogen-bond donors (Lipinski definition) is 1. The van der Waals surface area contributed by atoms with E-state index in [1.807, 2.05) is 31.3 Å². The van der Waals surface area contributed by atoms with Crippen LogP contribution in [0, 0.1) is 5.92 Å². The summed E-state index contributed by atoms with van der Waals surface area (Å²) in [6.07, 6.45) is 4.51. The molecular formula is C13H21N3O. The highest BCUT2D eigenvalue weighted by atomic mass is 16.5. The van der Waals surface area contributed by atoms with Gasteiger partial charge in [0.15, 0.2) is 0 Å². The van der Waals surface area contributed by atoms with E-state index >= 15 is 0 Å². The van der Waals surface area contributed by atoms with E-state index in [1.165, 1.54) is 12.8 Å². The molecule has 0 saturated heterocycles. The third-order valence-corrected chi connectivity index (χ3v) is 3.10. The third kappa shape index (κ3) is 3.33. The second-order valence-electron chi connectivity index (χ2n) is 4.84. The van der Waals surface area contributed by atoms with E-state index in [1.54, 1.807) is 7.11 Å². The molecule has 1 aliphatic rings. The van der Waals surface area contributed by atoms with Crippen LogP contribution < -0.4 is 10.2 Å². The quantitative estimate of drug-likeness (QED) is 0.818. The van der Waals surface area contributed by atoms with Crippen molar-refractivity contribution in [1.29, 1.82) is 0 Å². The highest BCUT2D eigenvalue weighted by Crippen LogP contribution is 2.34. The Morgan fingerprint density at radius 1 is 1.47 bits per heavy atom. The number of nitrogens with one attached hydrogen (secondary N) is 1. The van der Waals surface area contributed by atoms with E-state index in [0.717, 1.165) is 24.0 Å². The van der Waals surface area contributed by atoms with Gasteiger partial charge in [-0.1, -0.05) is 0 Å². The molecule has 1 aliphatic carbocycles. The van der Waals surface area contributed by atoms with Gasteiger partial charge in [-0.25, -0.2) is 4.98 Å². The van der Waals surface area contributed by atoms with Crippen molar-refractivity contribution in [2.24, 2.45) is 5.92 Å². The van der Waals surface area contributed by atoms with Gasteiger partial charge in [0.2, 0.25) is 0 Å². The molecule has 0 aromatic carbocycles. The fourth-order valence-electron chi connectivity index (χ4n) is 1.92. The van der Waals surface area contributed by atoms with Gasteiger partial charge in [-0.15, -0.1) is 0 Å². The normalized spacial score (nSPS) is 16.6. The van der Waals surface area contributed by atoms with Gasteiger partial charge >= 0.3 is 0 Å². The minimum absolute atomic E-state index is 0.423. The predicted octanol–water partition coefficient (Wildman–Crippen LogP) is 1.98. The van der Waals surface area contributed by atoms with Gasteiger partial charge < -0.3 is 15.0 Å². The van der Waals surface area contributed by atoms with Crippen molar-refractivity contribution >= 4 is 11.5 Å². The zero-order valence-electron chi connectivity index (χ0n) is 10.8. The molecule has 1 fully saturated rings. The second kappa shape index (κ2) is 5.36. The molecule has 1 unspecified atom stereocenters. The second-order valence-corrected chi connectivity index (χ2v) is 4.84. The smallest absolute Gasteiger partial charge is 0.128 e. The Kier molecular flexibility index (Phi) is 3.84. The number of anilines is 2. The number of aromatic nitrogens is 1. The lowest BCUT2D eigenvalue weighted by atomic mass is 10.2. The zero-order chi connectivity index (χ0) is 12.3. The first-order chi connectivity index (χ1) is 8.20. The third-order valence-electron chi connectivity index (χ3n) is 3.10. The lowest BCUT2D eigenvalue weighted by Gasteiger charge is -2.19. The molecule has 0 radical (unpaired) electrons. The maximum absolute atomic E-state index is 5.25. The number of nitrogens with zero attached hydrogens (tertiary/aromatic N) is 2. The van der Waals surface area contributed by atoms with Gasteiger partial charge in [-0.3, -0.25) is 0 Å². The fraction of sp³-hybridized carbons (Fsp3) is 0.615. The van der Waals surface area contributed by atoms with Gasteiger partial charge in [0.05, 0.1) is 24.5 Å². The topological polar surface area (TPSA) is 37.4 Å². The lowest BCUT2D eigenvalue weighted by Crippen LogP contribution is -2.27. The van der Waals surface area contributed by atoms with E-state index in [0.29, 0.717) is 6.04 Å². The van der Waals surface area contributed by atoms with Crippen LogP contribution >= 0.6 is 0 Å². The van der Waals surface area contributed by atoms with Crippen LogP contribution in [0.25, 0.3) is 0 Å². The molecule has 1 saturated carbocycles. The largest absolute Gasteiger partial charge is 0.383 e. The molecule has 1 heterocycles. The monoisotopic (exact) mass is 235 g/mol. The van der Waals surface area contributed by atoms with Gasteiger partial charge in [0, 0.05) is 21.2 Å². The number of ether oxygens (including phenoxy) is 1. The molecule has 0 spiro atoms. The van der Waals surface area contributed by atoms with Crippen molar-refractivity contribution in [1.82, 2.24) is 4.98 Å². The molecular weight excluding hydrogens is 214 g/mol. The van der Waals surface area contributed by atoms with Crippen LogP contribution in [-0.2, 0) is 4.74 Å². The summed E-state index contributed by atoms with van der Waals surface area (Å²) in [7, 11) is 5.74. The summed E-state index contributed by atoms with van der Waals surface area (Å²) in [6, 6.07) is 4.53. The molecule has 4 nitrogen and oxygen atoms in total. The Labute approximate surface area is 103 Å². The standard InChI is InChI=1S/C13H21N3O/c1-16(2)13-7-6-11(8-14-13)15-12(9-17-3)10-4-5-10/h6-8,10,12,15H,4-5,9H2,1-3H3. The van der Waals surface area contributed by atoms with Crippen molar-refractivity contribution in [2.45, 2.75) is 18.9 Å². The van der Waals surface area contributed by atoms with Crippen LogP contribution in [0.2, 0.25) is 0 Å². The van der Waals surface area contributed by atoms with Gasteiger partial charge in [-0.05, 0) is 30.9 Å². The fourth-order valence-corrected chi connectivity index (χ4v) is 1.92. The van der Waals surface area contributed by atoms with E-state index < -0.39 is 0 Å². The maximum Gasteiger partial charge on any atom is 0.128 e. The van der Waals surface area contributed by atoms with E-state index in [4.69, 9.17) is 4.74 Å². The van der Waals surface area contributed by atoms with E-state index in [2.05, 4.69) is 16.4 Å². The maximum atomic E-state index is 5.25. The number of rotatable bonds is 6. The summed E-state index contributed by atoms with van der Waals surface area (Å²) >= 11 is 0.